The van der Waals surface area contributed by atoms with Crippen LogP contribution >= 0.6 is 0 Å². The Balaban J connectivity index is 2.41. The van der Waals surface area contributed by atoms with Crippen molar-refractivity contribution in [3.05, 3.63) is 0 Å². The second-order valence-electron chi connectivity index (χ2n) is 5.87. The third-order valence-corrected chi connectivity index (χ3v) is 3.13. The number of carbonyl (C=O) groups is 2. The van der Waals surface area contributed by atoms with Crippen molar-refractivity contribution < 1.29 is 19.4 Å². The van der Waals surface area contributed by atoms with E-state index in [1.54, 1.807) is 20.8 Å². The Bertz CT molecular complexity index is 309. The van der Waals surface area contributed by atoms with Crippen LogP contribution in [0.2, 0.25) is 0 Å². The summed E-state index contributed by atoms with van der Waals surface area (Å²) < 4.78 is 5.13. The molecule has 1 aliphatic rings. The third-order valence-electron chi connectivity index (χ3n) is 3.13. The van der Waals surface area contributed by atoms with E-state index in [4.69, 9.17) is 9.84 Å². The number of rotatable bonds is 3. The number of hydrogen-bond donors (Lipinski definition) is 2. The Kier molecular flexibility index (Phi) is 4.99. The second-order valence-corrected chi connectivity index (χ2v) is 5.87. The van der Waals surface area contributed by atoms with Gasteiger partial charge >= 0.3 is 12.1 Å². The fourth-order valence-electron chi connectivity index (χ4n) is 2.31. The number of carboxylic acids is 1. The zero-order chi connectivity index (χ0) is 13.8. The maximum atomic E-state index is 11.5. The monoisotopic (exact) mass is 257 g/mol. The summed E-state index contributed by atoms with van der Waals surface area (Å²) in [5.41, 5.74) is -0.525. The molecule has 2 unspecified atom stereocenters. The van der Waals surface area contributed by atoms with Crippen molar-refractivity contribution in [3.63, 3.8) is 0 Å². The van der Waals surface area contributed by atoms with Gasteiger partial charge < -0.3 is 15.2 Å². The van der Waals surface area contributed by atoms with Gasteiger partial charge in [0.2, 0.25) is 0 Å². The summed E-state index contributed by atoms with van der Waals surface area (Å²) in [6, 6.07) is 0. The van der Waals surface area contributed by atoms with E-state index in [0.717, 1.165) is 19.3 Å². The molecule has 1 fully saturated rings. The maximum Gasteiger partial charge on any atom is 0.407 e. The van der Waals surface area contributed by atoms with Gasteiger partial charge in [0.15, 0.2) is 0 Å². The van der Waals surface area contributed by atoms with Crippen LogP contribution in [-0.2, 0) is 9.53 Å². The molecular weight excluding hydrogens is 234 g/mol. The van der Waals surface area contributed by atoms with Gasteiger partial charge in [-0.3, -0.25) is 4.79 Å². The molecule has 0 aliphatic heterocycles. The fraction of sp³-hybridized carbons (Fsp3) is 0.846. The molecule has 0 saturated heterocycles. The third kappa shape index (κ3) is 4.94. The second kappa shape index (κ2) is 6.07. The van der Waals surface area contributed by atoms with Crippen LogP contribution in [0.5, 0.6) is 0 Å². The van der Waals surface area contributed by atoms with Gasteiger partial charge in [-0.15, -0.1) is 0 Å². The molecule has 5 nitrogen and oxygen atoms in total. The average Bonchev–Trinajstić information content (AvgIpc) is 2.24. The average molecular weight is 257 g/mol. The van der Waals surface area contributed by atoms with Crippen molar-refractivity contribution in [2.24, 2.45) is 11.8 Å². The van der Waals surface area contributed by atoms with Crippen molar-refractivity contribution in [1.29, 1.82) is 0 Å². The molecule has 1 aliphatic carbocycles. The van der Waals surface area contributed by atoms with Crippen molar-refractivity contribution >= 4 is 12.1 Å². The van der Waals surface area contributed by atoms with E-state index in [1.807, 2.05) is 0 Å². The normalized spacial score (nSPS) is 24.4. The van der Waals surface area contributed by atoms with Crippen LogP contribution in [0, 0.1) is 11.8 Å². The van der Waals surface area contributed by atoms with Gasteiger partial charge in [-0.05, 0) is 39.5 Å². The first-order chi connectivity index (χ1) is 8.29. The van der Waals surface area contributed by atoms with Crippen molar-refractivity contribution in [1.82, 2.24) is 5.32 Å². The molecule has 5 heteroatoms. The van der Waals surface area contributed by atoms with Crippen LogP contribution in [0.25, 0.3) is 0 Å². The highest BCUT2D eigenvalue weighted by molar-refractivity contribution is 5.71. The lowest BCUT2D eigenvalue weighted by atomic mass is 9.79. The molecular formula is C13H23NO4. The van der Waals surface area contributed by atoms with E-state index >= 15 is 0 Å². The van der Waals surface area contributed by atoms with Gasteiger partial charge in [-0.2, -0.15) is 0 Å². The summed E-state index contributed by atoms with van der Waals surface area (Å²) >= 11 is 0. The zero-order valence-corrected chi connectivity index (χ0v) is 11.4. The molecule has 18 heavy (non-hydrogen) atoms. The number of carboxylic acid groups (broad SMARTS) is 1. The number of carbonyl (C=O) groups excluding carboxylic acids is 1. The first-order valence-corrected chi connectivity index (χ1v) is 6.49. The highest BCUT2D eigenvalue weighted by Crippen LogP contribution is 2.29. The largest absolute Gasteiger partial charge is 0.481 e. The van der Waals surface area contributed by atoms with Gasteiger partial charge in [0.25, 0.3) is 0 Å². The van der Waals surface area contributed by atoms with Crippen LogP contribution in [0.15, 0.2) is 0 Å². The Morgan fingerprint density at radius 1 is 1.28 bits per heavy atom. The van der Waals surface area contributed by atoms with Gasteiger partial charge in [0.05, 0.1) is 5.92 Å². The molecule has 0 spiro atoms. The molecule has 0 heterocycles. The SMILES string of the molecule is CC(C)(C)OC(=O)NCC1CCCCC1C(=O)O. The van der Waals surface area contributed by atoms with Gasteiger partial charge in [0, 0.05) is 6.54 Å². The highest BCUT2D eigenvalue weighted by Gasteiger charge is 2.31. The molecule has 1 amide bonds. The summed E-state index contributed by atoms with van der Waals surface area (Å²) in [7, 11) is 0. The minimum Gasteiger partial charge on any atom is -0.481 e. The first kappa shape index (κ1) is 14.8. The van der Waals surface area contributed by atoms with Crippen LogP contribution in [0.3, 0.4) is 0 Å². The lowest BCUT2D eigenvalue weighted by molar-refractivity contribution is -0.144. The van der Waals surface area contributed by atoms with Gasteiger partial charge in [-0.25, -0.2) is 4.79 Å². The van der Waals surface area contributed by atoms with Crippen molar-refractivity contribution in [3.8, 4) is 0 Å². The van der Waals surface area contributed by atoms with Crippen LogP contribution in [-0.4, -0.2) is 29.3 Å². The molecule has 0 aromatic heterocycles. The topological polar surface area (TPSA) is 75.6 Å². The number of amides is 1. The molecule has 0 aromatic rings. The molecule has 104 valence electrons. The lowest BCUT2D eigenvalue weighted by Crippen LogP contribution is -2.39. The van der Waals surface area contributed by atoms with Crippen LogP contribution < -0.4 is 5.32 Å². The number of nitrogens with one attached hydrogen (secondary N) is 1. The lowest BCUT2D eigenvalue weighted by Gasteiger charge is -2.29. The smallest absolute Gasteiger partial charge is 0.407 e. The standard InChI is InChI=1S/C13H23NO4/c1-13(2,3)18-12(17)14-8-9-6-4-5-7-10(9)11(15)16/h9-10H,4-8H2,1-3H3,(H,14,17)(H,15,16). The summed E-state index contributed by atoms with van der Waals surface area (Å²) in [6.45, 7) is 5.78. The summed E-state index contributed by atoms with van der Waals surface area (Å²) in [4.78, 5) is 22.6. The number of aliphatic carboxylic acids is 1. The Labute approximate surface area is 108 Å². The maximum absolute atomic E-state index is 11.5. The summed E-state index contributed by atoms with van der Waals surface area (Å²) in [6.07, 6.45) is 3.07. The quantitative estimate of drug-likeness (QED) is 0.814. The number of hydrogen-bond acceptors (Lipinski definition) is 3. The highest BCUT2D eigenvalue weighted by atomic mass is 16.6. The van der Waals surface area contributed by atoms with Crippen molar-refractivity contribution in [2.75, 3.05) is 6.54 Å². The Morgan fingerprint density at radius 3 is 2.44 bits per heavy atom. The van der Waals surface area contributed by atoms with E-state index < -0.39 is 17.7 Å². The molecule has 2 atom stereocenters. The van der Waals surface area contributed by atoms with Crippen LogP contribution in [0.1, 0.15) is 46.5 Å². The van der Waals surface area contributed by atoms with Gasteiger partial charge in [-0.1, -0.05) is 12.8 Å². The van der Waals surface area contributed by atoms with Crippen LogP contribution in [0.4, 0.5) is 4.79 Å². The van der Waals surface area contributed by atoms with E-state index in [2.05, 4.69) is 5.32 Å². The Hall–Kier alpha value is -1.26. The Morgan fingerprint density at radius 2 is 1.89 bits per heavy atom. The van der Waals surface area contributed by atoms with E-state index in [0.29, 0.717) is 13.0 Å². The molecule has 0 bridgehead atoms. The first-order valence-electron chi connectivity index (χ1n) is 6.49. The minimum atomic E-state index is -0.759. The molecule has 0 radical (unpaired) electrons. The fourth-order valence-corrected chi connectivity index (χ4v) is 2.31. The molecule has 1 saturated carbocycles. The van der Waals surface area contributed by atoms with Crippen molar-refractivity contribution in [2.45, 2.75) is 52.1 Å². The number of ether oxygens (including phenoxy) is 1. The van der Waals surface area contributed by atoms with E-state index in [9.17, 15) is 9.59 Å². The van der Waals surface area contributed by atoms with E-state index in [-0.39, 0.29) is 11.8 Å². The number of alkyl carbamates (subject to hydrolysis) is 1. The summed E-state index contributed by atoms with van der Waals surface area (Å²) in [5, 5.41) is 11.8. The summed E-state index contributed by atoms with van der Waals surface area (Å²) in [5.74, 6) is -1.08. The van der Waals surface area contributed by atoms with Gasteiger partial charge in [0.1, 0.15) is 5.60 Å². The molecule has 2 N–H and O–H groups in total. The zero-order valence-electron chi connectivity index (χ0n) is 11.4. The minimum absolute atomic E-state index is 0.0174. The van der Waals surface area contributed by atoms with E-state index in [1.165, 1.54) is 0 Å². The molecule has 1 rings (SSSR count). The predicted molar refractivity (Wildman–Crippen MR) is 67.3 cm³/mol. The predicted octanol–water partition coefficient (Wildman–Crippen LogP) is 2.40. The molecule has 0 aromatic carbocycles.